The summed E-state index contributed by atoms with van der Waals surface area (Å²) in [5, 5.41) is 1.28. The maximum absolute atomic E-state index is 6.83. The fourth-order valence-corrected chi connectivity index (χ4v) is 4.80. The van der Waals surface area contributed by atoms with Crippen molar-refractivity contribution in [3.05, 3.63) is 73.2 Å². The first kappa shape index (κ1) is 22.1. The highest BCUT2D eigenvalue weighted by molar-refractivity contribution is 6.41. The molecule has 2 nitrogen and oxygen atoms in total. The van der Waals surface area contributed by atoms with Gasteiger partial charge in [0.15, 0.2) is 0 Å². The van der Waals surface area contributed by atoms with E-state index in [0.717, 1.165) is 33.6 Å². The van der Waals surface area contributed by atoms with Gasteiger partial charge in [0.2, 0.25) is 0 Å². The third-order valence-corrected chi connectivity index (χ3v) is 5.78. The molecule has 1 heterocycles. The number of aryl methyl sites for hydroxylation is 6. The molecule has 6 heteroatoms. The number of rotatable bonds is 2. The first-order chi connectivity index (χ1) is 12.1. The lowest BCUT2D eigenvalue weighted by Crippen LogP contribution is -3.00. The van der Waals surface area contributed by atoms with Gasteiger partial charge in [-0.05, 0) is 87.0 Å². The molecule has 3 rings (SSSR count). The van der Waals surface area contributed by atoms with E-state index in [-0.39, 0.29) is 12.4 Å². The zero-order chi connectivity index (χ0) is 19.3. The highest BCUT2D eigenvalue weighted by atomic mass is 35.5. The van der Waals surface area contributed by atoms with E-state index in [9.17, 15) is 0 Å². The number of nitrogens with zero attached hydrogens (tertiary/aromatic N) is 2. The second-order valence-corrected chi connectivity index (χ2v) is 8.07. The molecule has 0 amide bonds. The Labute approximate surface area is 182 Å². The summed E-state index contributed by atoms with van der Waals surface area (Å²) in [6, 6.07) is 8.48. The van der Waals surface area contributed by atoms with Crippen LogP contribution in [0.2, 0.25) is 15.6 Å². The average molecular weight is 444 g/mol. The summed E-state index contributed by atoms with van der Waals surface area (Å²) in [6.07, 6.45) is 0. The van der Waals surface area contributed by atoms with Gasteiger partial charge in [-0.2, -0.15) is 9.13 Å². The second kappa shape index (κ2) is 8.05. The lowest BCUT2D eigenvalue weighted by Gasteiger charge is -2.10. The van der Waals surface area contributed by atoms with Crippen molar-refractivity contribution in [2.75, 3.05) is 0 Å². The summed E-state index contributed by atoms with van der Waals surface area (Å²) in [5.41, 5.74) is 8.73. The number of aromatic nitrogens is 2. The van der Waals surface area contributed by atoms with E-state index in [0.29, 0.717) is 15.6 Å². The number of hydrogen-bond acceptors (Lipinski definition) is 0. The van der Waals surface area contributed by atoms with Gasteiger partial charge in [0.25, 0.3) is 10.3 Å². The summed E-state index contributed by atoms with van der Waals surface area (Å²) >= 11 is 20.1. The Kier molecular flexibility index (Phi) is 6.59. The maximum atomic E-state index is 6.83. The fraction of sp³-hybridized carbons (Fsp3) is 0.286. The molecule has 0 fully saturated rings. The van der Waals surface area contributed by atoms with Gasteiger partial charge in [-0.1, -0.05) is 35.4 Å². The van der Waals surface area contributed by atoms with Crippen LogP contribution in [0.25, 0.3) is 11.4 Å². The van der Waals surface area contributed by atoms with Crippen LogP contribution in [0, 0.1) is 41.5 Å². The van der Waals surface area contributed by atoms with E-state index in [1.54, 1.807) is 0 Å². The second-order valence-electron chi connectivity index (χ2n) is 7.02. The van der Waals surface area contributed by atoms with E-state index in [1.807, 2.05) is 9.13 Å². The van der Waals surface area contributed by atoms with E-state index in [2.05, 4.69) is 65.8 Å². The zero-order valence-electron chi connectivity index (χ0n) is 16.2. The molecule has 0 N–H and O–H groups in total. The van der Waals surface area contributed by atoms with Crippen LogP contribution in [-0.4, -0.2) is 4.57 Å². The molecule has 0 atom stereocenters. The van der Waals surface area contributed by atoms with E-state index < -0.39 is 0 Å². The SMILES string of the molecule is Cc1cc(C)c(-n2c(Cl)c(Cl)[n+](-c3c(C)cc(C)cc3C)c2Cl)c(C)c1.[Cl-]. The van der Waals surface area contributed by atoms with Crippen LogP contribution in [0.1, 0.15) is 33.4 Å². The molecule has 27 heavy (non-hydrogen) atoms. The number of hydrogen-bond donors (Lipinski definition) is 0. The molecule has 0 radical (unpaired) electrons. The van der Waals surface area contributed by atoms with Gasteiger partial charge in [-0.25, -0.2) is 0 Å². The van der Waals surface area contributed by atoms with Crippen molar-refractivity contribution >= 4 is 34.8 Å². The first-order valence-electron chi connectivity index (χ1n) is 8.47. The Morgan fingerprint density at radius 2 is 1.11 bits per heavy atom. The van der Waals surface area contributed by atoms with E-state index >= 15 is 0 Å². The van der Waals surface area contributed by atoms with Crippen LogP contribution in [0.5, 0.6) is 0 Å². The third kappa shape index (κ3) is 3.73. The largest absolute Gasteiger partial charge is 1.00 e. The molecule has 0 bridgehead atoms. The van der Waals surface area contributed by atoms with Gasteiger partial charge in [-0.15, -0.1) is 0 Å². The minimum absolute atomic E-state index is 0. The molecule has 3 aromatic rings. The van der Waals surface area contributed by atoms with Crippen LogP contribution in [0.15, 0.2) is 24.3 Å². The van der Waals surface area contributed by atoms with Crippen molar-refractivity contribution < 1.29 is 17.0 Å². The van der Waals surface area contributed by atoms with Crippen LogP contribution in [0.4, 0.5) is 0 Å². The van der Waals surface area contributed by atoms with Crippen LogP contribution in [0.3, 0.4) is 0 Å². The molecule has 1 aromatic heterocycles. The lowest BCUT2D eigenvalue weighted by atomic mass is 10.0. The number of imidazole rings is 1. The lowest BCUT2D eigenvalue weighted by molar-refractivity contribution is -0.590. The normalized spacial score (nSPS) is 10.9. The summed E-state index contributed by atoms with van der Waals surface area (Å²) in [7, 11) is 0. The Morgan fingerprint density at radius 1 is 0.704 bits per heavy atom. The van der Waals surface area contributed by atoms with Gasteiger partial charge >= 0.3 is 5.28 Å². The van der Waals surface area contributed by atoms with Crippen molar-refractivity contribution in [2.45, 2.75) is 41.5 Å². The zero-order valence-corrected chi connectivity index (χ0v) is 19.2. The van der Waals surface area contributed by atoms with Gasteiger partial charge in [0, 0.05) is 11.6 Å². The smallest absolute Gasteiger partial charge is 0.367 e. The predicted octanol–water partition coefficient (Wildman–Crippen LogP) is 3.57. The minimum atomic E-state index is 0. The standard InChI is InChI=1S/C21H22Cl3N2.ClH/c1-11-7-13(3)17(14(4)8-11)25-19(22)20(23)26(21(25)24)18-15(5)9-12(2)10-16(18)6;/h7-10H,1-6H3;1H/q+1;/p-1. The topological polar surface area (TPSA) is 8.81 Å². The number of halogens is 4. The monoisotopic (exact) mass is 442 g/mol. The van der Waals surface area contributed by atoms with E-state index in [1.165, 1.54) is 11.1 Å². The Balaban J connectivity index is 0.00000261. The van der Waals surface area contributed by atoms with Gasteiger partial charge < -0.3 is 12.4 Å². The van der Waals surface area contributed by atoms with Crippen molar-refractivity contribution in [2.24, 2.45) is 0 Å². The Bertz CT molecular complexity index is 908. The van der Waals surface area contributed by atoms with Crippen molar-refractivity contribution in [3.63, 3.8) is 0 Å². The summed E-state index contributed by atoms with van der Waals surface area (Å²) in [4.78, 5) is 0. The Morgan fingerprint density at radius 3 is 1.56 bits per heavy atom. The highest BCUT2D eigenvalue weighted by Crippen LogP contribution is 2.34. The predicted molar refractivity (Wildman–Crippen MR) is 111 cm³/mol. The van der Waals surface area contributed by atoms with Crippen molar-refractivity contribution in [1.82, 2.24) is 4.57 Å². The third-order valence-electron chi connectivity index (χ3n) is 4.65. The molecule has 2 aromatic carbocycles. The molecule has 0 spiro atoms. The minimum Gasteiger partial charge on any atom is -1.00 e. The molecular formula is C21H22Cl4N2. The van der Waals surface area contributed by atoms with Crippen molar-refractivity contribution in [1.29, 1.82) is 0 Å². The Hall–Kier alpha value is -1.19. The molecule has 0 saturated heterocycles. The molecule has 0 aliphatic rings. The maximum Gasteiger partial charge on any atom is 0.367 e. The molecule has 0 saturated carbocycles. The van der Waals surface area contributed by atoms with E-state index in [4.69, 9.17) is 34.8 Å². The summed E-state index contributed by atoms with van der Waals surface area (Å²) in [5.74, 6) is 0. The fourth-order valence-electron chi connectivity index (χ4n) is 3.88. The van der Waals surface area contributed by atoms with Gasteiger partial charge in [-0.3, -0.25) is 0 Å². The van der Waals surface area contributed by atoms with Crippen LogP contribution >= 0.6 is 34.8 Å². The first-order valence-corrected chi connectivity index (χ1v) is 9.60. The highest BCUT2D eigenvalue weighted by Gasteiger charge is 2.33. The average Bonchev–Trinajstić information content (AvgIpc) is 2.71. The van der Waals surface area contributed by atoms with Gasteiger partial charge in [0.1, 0.15) is 11.4 Å². The van der Waals surface area contributed by atoms with Crippen LogP contribution < -0.4 is 17.0 Å². The molecule has 144 valence electrons. The van der Waals surface area contributed by atoms with Crippen LogP contribution in [-0.2, 0) is 0 Å². The molecule has 0 aliphatic carbocycles. The molecule has 0 aliphatic heterocycles. The van der Waals surface area contributed by atoms with Gasteiger partial charge in [0.05, 0.1) is 0 Å². The number of benzene rings is 2. The molecular weight excluding hydrogens is 422 g/mol. The summed E-state index contributed by atoms with van der Waals surface area (Å²) in [6.45, 7) is 12.4. The van der Waals surface area contributed by atoms with Crippen molar-refractivity contribution in [3.8, 4) is 11.4 Å². The quantitative estimate of drug-likeness (QED) is 0.535. The molecule has 0 unspecified atom stereocenters. The summed E-state index contributed by atoms with van der Waals surface area (Å²) < 4.78 is 3.66.